The van der Waals surface area contributed by atoms with Crippen LogP contribution in [0.3, 0.4) is 0 Å². The van der Waals surface area contributed by atoms with Gasteiger partial charge in [-0.2, -0.15) is 4.90 Å². The number of amides is 2. The molecule has 2 amide bonds. The van der Waals surface area contributed by atoms with E-state index in [1.165, 1.54) is 6.33 Å². The third kappa shape index (κ3) is 8.10. The van der Waals surface area contributed by atoms with Crippen molar-refractivity contribution >= 4 is 45.8 Å². The van der Waals surface area contributed by atoms with Crippen molar-refractivity contribution in [2.45, 2.75) is 103 Å². The van der Waals surface area contributed by atoms with Crippen LogP contribution in [0, 0.1) is 0 Å². The average molecular weight is 739 g/mol. The van der Waals surface area contributed by atoms with Crippen molar-refractivity contribution in [2.75, 3.05) is 16.8 Å². The lowest BCUT2D eigenvalue weighted by Gasteiger charge is -2.28. The summed E-state index contributed by atoms with van der Waals surface area (Å²) in [7, 11) is 0. The molecule has 5 heterocycles. The van der Waals surface area contributed by atoms with E-state index >= 15 is 0 Å². The van der Waals surface area contributed by atoms with E-state index in [1.807, 2.05) is 62.4 Å². The van der Waals surface area contributed by atoms with E-state index < -0.39 is 53.7 Å². The predicted octanol–water partition coefficient (Wildman–Crippen LogP) is 7.76. The minimum atomic E-state index is -0.934. The minimum absolute atomic E-state index is 0.00365. The lowest BCUT2D eigenvalue weighted by Crippen LogP contribution is -2.44. The molecule has 54 heavy (non-hydrogen) atoms. The summed E-state index contributed by atoms with van der Waals surface area (Å²) in [5, 5.41) is 4.77. The van der Waals surface area contributed by atoms with Crippen LogP contribution in [-0.2, 0) is 30.2 Å². The molecule has 2 saturated heterocycles. The molecule has 0 unspecified atom stereocenters. The van der Waals surface area contributed by atoms with Gasteiger partial charge >= 0.3 is 12.2 Å². The number of nitrogens with zero attached hydrogens (tertiary/aromatic N) is 5. The molecule has 2 aromatic carbocycles. The van der Waals surface area contributed by atoms with E-state index in [0.717, 1.165) is 27.2 Å². The number of carbonyl (C=O) groups excluding carboxylic acids is 2. The fourth-order valence-corrected chi connectivity index (χ4v) is 6.47. The maximum atomic E-state index is 13.5. The SMILES string of the molecule is CC(C)(C)OC(=O)N(C(=O)OC(C)(C)C)c1ncnc2c1ccn2[C@@H]1O[C@H](COc2ccc3ccc(NCc4ccccc4)nc3c2)[C@H]2OC(C)(C)O[C@H]21. The number of aromatic nitrogens is 4. The summed E-state index contributed by atoms with van der Waals surface area (Å²) in [5.74, 6) is 0.506. The van der Waals surface area contributed by atoms with E-state index in [2.05, 4.69) is 27.4 Å². The van der Waals surface area contributed by atoms with Crippen LogP contribution in [-0.4, -0.2) is 73.6 Å². The highest BCUT2D eigenvalue weighted by Gasteiger charge is 2.56. The first-order valence-electron chi connectivity index (χ1n) is 17.9. The molecule has 0 radical (unpaired) electrons. The molecule has 1 N–H and O–H groups in total. The zero-order valence-electron chi connectivity index (χ0n) is 31.7. The van der Waals surface area contributed by atoms with Crippen molar-refractivity contribution in [3.8, 4) is 5.75 Å². The fourth-order valence-electron chi connectivity index (χ4n) is 6.47. The molecule has 0 bridgehead atoms. The number of nitrogens with one attached hydrogen (secondary N) is 1. The van der Waals surface area contributed by atoms with Gasteiger partial charge in [0.05, 0.1) is 10.9 Å². The fraction of sp³-hybridized carbons (Fsp3) is 0.425. The number of hydrogen-bond acceptors (Lipinski definition) is 12. The first-order valence-corrected chi connectivity index (χ1v) is 17.9. The Hall–Kier alpha value is -5.31. The summed E-state index contributed by atoms with van der Waals surface area (Å²) in [6.45, 7) is 14.8. The maximum Gasteiger partial charge on any atom is 0.425 e. The first kappa shape index (κ1) is 37.0. The molecule has 14 nitrogen and oxygen atoms in total. The van der Waals surface area contributed by atoms with Crippen LogP contribution in [0.5, 0.6) is 5.75 Å². The second-order valence-corrected chi connectivity index (χ2v) is 15.8. The Morgan fingerprint density at radius 3 is 2.28 bits per heavy atom. The van der Waals surface area contributed by atoms with E-state index in [-0.39, 0.29) is 12.4 Å². The summed E-state index contributed by atoms with van der Waals surface area (Å²) >= 11 is 0. The quantitative estimate of drug-likeness (QED) is 0.166. The van der Waals surface area contributed by atoms with Gasteiger partial charge in [0.25, 0.3) is 0 Å². The van der Waals surface area contributed by atoms with Gasteiger partial charge in [-0.15, -0.1) is 0 Å². The van der Waals surface area contributed by atoms with Gasteiger partial charge in [-0.1, -0.05) is 30.3 Å². The number of imide groups is 1. The van der Waals surface area contributed by atoms with Gasteiger partial charge in [-0.25, -0.2) is 24.5 Å². The van der Waals surface area contributed by atoms with Gasteiger partial charge in [0.1, 0.15) is 59.7 Å². The Labute approximate surface area is 313 Å². The van der Waals surface area contributed by atoms with Crippen molar-refractivity contribution in [1.82, 2.24) is 19.5 Å². The van der Waals surface area contributed by atoms with Gasteiger partial charge in [-0.05, 0) is 91.3 Å². The maximum absolute atomic E-state index is 13.5. The molecule has 7 rings (SSSR count). The van der Waals surface area contributed by atoms with Crippen LogP contribution in [0.25, 0.3) is 21.9 Å². The lowest BCUT2D eigenvalue weighted by atomic mass is 10.1. The number of hydrogen-bond donors (Lipinski definition) is 1. The van der Waals surface area contributed by atoms with Gasteiger partial charge < -0.3 is 38.3 Å². The summed E-state index contributed by atoms with van der Waals surface area (Å²) in [4.78, 5) is 41.4. The molecule has 2 aliphatic rings. The van der Waals surface area contributed by atoms with Crippen molar-refractivity contribution in [2.24, 2.45) is 0 Å². The van der Waals surface area contributed by atoms with Gasteiger partial charge in [0.2, 0.25) is 0 Å². The van der Waals surface area contributed by atoms with Crippen molar-refractivity contribution in [3.63, 3.8) is 0 Å². The number of pyridine rings is 1. The van der Waals surface area contributed by atoms with Crippen LogP contribution in [0.4, 0.5) is 21.2 Å². The standard InChI is InChI=1S/C40H46N6O8/c1-38(2,3)53-36(47)46(37(48)54-39(4,5)6)34-27-18-19-45(33(27)42-23-43-34)35-32-31(51-40(7,8)52-32)29(50-35)22-49-26-16-14-25-15-17-30(44-28(25)20-26)41-21-24-12-10-9-11-13-24/h9-20,23,29,31-32,35H,21-22H2,1-8H3,(H,41,44)/t29-,31-,32-,35-/m1/s1. The second-order valence-electron chi connectivity index (χ2n) is 15.8. The Morgan fingerprint density at radius 2 is 1.57 bits per heavy atom. The summed E-state index contributed by atoms with van der Waals surface area (Å²) in [6, 6.07) is 21.6. The molecular formula is C40H46N6O8. The minimum Gasteiger partial charge on any atom is -0.491 e. The van der Waals surface area contributed by atoms with Crippen LogP contribution in [0.2, 0.25) is 0 Å². The van der Waals surface area contributed by atoms with Crippen LogP contribution >= 0.6 is 0 Å². The predicted molar refractivity (Wildman–Crippen MR) is 201 cm³/mol. The van der Waals surface area contributed by atoms with Crippen molar-refractivity contribution in [3.05, 3.63) is 84.8 Å². The summed E-state index contributed by atoms with van der Waals surface area (Å²) < 4.78 is 38.6. The van der Waals surface area contributed by atoms with Crippen LogP contribution in [0.15, 0.2) is 79.3 Å². The Balaban J connectivity index is 1.13. The van der Waals surface area contributed by atoms with Crippen molar-refractivity contribution < 1.29 is 38.0 Å². The second kappa shape index (κ2) is 14.2. The summed E-state index contributed by atoms with van der Waals surface area (Å²) in [6.07, 6.45) is -1.07. The summed E-state index contributed by atoms with van der Waals surface area (Å²) in [5.41, 5.74) is 0.565. The molecular weight excluding hydrogens is 692 g/mol. The zero-order valence-corrected chi connectivity index (χ0v) is 31.7. The third-order valence-corrected chi connectivity index (χ3v) is 8.65. The van der Waals surface area contributed by atoms with Crippen LogP contribution in [0.1, 0.15) is 67.2 Å². The van der Waals surface area contributed by atoms with Gasteiger partial charge in [0, 0.05) is 24.2 Å². The van der Waals surface area contributed by atoms with Crippen molar-refractivity contribution in [1.29, 1.82) is 0 Å². The van der Waals surface area contributed by atoms with Crippen LogP contribution < -0.4 is 15.0 Å². The third-order valence-electron chi connectivity index (χ3n) is 8.65. The highest BCUT2D eigenvalue weighted by Crippen LogP contribution is 2.44. The van der Waals surface area contributed by atoms with E-state index in [4.69, 9.17) is 33.4 Å². The number of carbonyl (C=O) groups is 2. The molecule has 0 spiro atoms. The van der Waals surface area contributed by atoms with Gasteiger partial charge in [0.15, 0.2) is 17.8 Å². The van der Waals surface area contributed by atoms with E-state index in [1.54, 1.807) is 58.4 Å². The lowest BCUT2D eigenvalue weighted by molar-refractivity contribution is -0.198. The molecule has 0 aliphatic carbocycles. The molecule has 14 heteroatoms. The molecule has 2 fully saturated rings. The topological polar surface area (TPSA) is 148 Å². The smallest absolute Gasteiger partial charge is 0.425 e. The number of fused-ring (bicyclic) bond motifs is 3. The normalized spacial score (nSPS) is 20.8. The van der Waals surface area contributed by atoms with E-state index in [0.29, 0.717) is 23.3 Å². The Morgan fingerprint density at radius 1 is 0.889 bits per heavy atom. The molecule has 0 saturated carbocycles. The highest BCUT2D eigenvalue weighted by molar-refractivity contribution is 6.13. The molecule has 2 aliphatic heterocycles. The monoisotopic (exact) mass is 738 g/mol. The highest BCUT2D eigenvalue weighted by atomic mass is 16.8. The van der Waals surface area contributed by atoms with Gasteiger partial charge in [-0.3, -0.25) is 0 Å². The molecule has 284 valence electrons. The first-order chi connectivity index (χ1) is 25.5. The molecule has 3 aromatic heterocycles. The number of rotatable bonds is 8. The molecule has 5 aromatic rings. The molecule has 4 atom stereocenters. The Kier molecular flexibility index (Phi) is 9.71. The number of anilines is 2. The zero-order chi connectivity index (χ0) is 38.4. The largest absolute Gasteiger partial charge is 0.491 e. The average Bonchev–Trinajstić information content (AvgIpc) is 3.76. The number of benzene rings is 2. The number of ether oxygens (including phenoxy) is 6. The van der Waals surface area contributed by atoms with E-state index in [9.17, 15) is 9.59 Å². The Bertz CT molecular complexity index is 2130.